The summed E-state index contributed by atoms with van der Waals surface area (Å²) in [5.41, 5.74) is 6.19. The zero-order valence-electron chi connectivity index (χ0n) is 8.70. The third-order valence-electron chi connectivity index (χ3n) is 2.40. The highest BCUT2D eigenvalue weighted by atomic mass is 127. The van der Waals surface area contributed by atoms with E-state index in [9.17, 15) is 4.79 Å². The molecule has 0 spiro atoms. The Morgan fingerprint density at radius 2 is 2.27 bits per heavy atom. The number of nitrogens with zero attached hydrogens (tertiary/aromatic N) is 3. The number of amides is 1. The Balaban J connectivity index is 0.00000112. The predicted octanol–water partition coefficient (Wildman–Crippen LogP) is -5.20. The number of hydrogen-bond donors (Lipinski definition) is 2. The van der Waals surface area contributed by atoms with Gasteiger partial charge in [-0.15, -0.1) is 0 Å². The minimum absolute atomic E-state index is 0. The molecular formula is C8H14IN5O. The van der Waals surface area contributed by atoms with Gasteiger partial charge in [0.1, 0.15) is 0 Å². The van der Waals surface area contributed by atoms with E-state index < -0.39 is 0 Å². The van der Waals surface area contributed by atoms with E-state index in [0.717, 1.165) is 6.54 Å². The van der Waals surface area contributed by atoms with Crippen LogP contribution in [0.25, 0.3) is 0 Å². The quantitative estimate of drug-likeness (QED) is 0.473. The fraction of sp³-hybridized carbons (Fsp3) is 0.500. The number of halogens is 1. The van der Waals surface area contributed by atoms with Gasteiger partial charge in [-0.05, 0) is 6.92 Å². The zero-order chi connectivity index (χ0) is 10.3. The molecule has 2 rings (SSSR count). The van der Waals surface area contributed by atoms with Crippen LogP contribution in [0, 0.1) is 0 Å². The molecule has 0 bridgehead atoms. The van der Waals surface area contributed by atoms with Crippen LogP contribution in [0.2, 0.25) is 0 Å². The minimum Gasteiger partial charge on any atom is -1.00 e. The SMILES string of the molecule is CCN1CN(C)C2=C1N=C(N)[NH2+]C2=O.[I-]. The van der Waals surface area contributed by atoms with Gasteiger partial charge in [-0.1, -0.05) is 0 Å². The van der Waals surface area contributed by atoms with Crippen LogP contribution in [0.15, 0.2) is 16.5 Å². The molecule has 4 N–H and O–H groups in total. The summed E-state index contributed by atoms with van der Waals surface area (Å²) in [6.07, 6.45) is 0. The van der Waals surface area contributed by atoms with E-state index >= 15 is 0 Å². The monoisotopic (exact) mass is 323 g/mol. The first-order valence-electron chi connectivity index (χ1n) is 4.57. The normalized spacial score (nSPS) is 20.1. The largest absolute Gasteiger partial charge is 1.00 e. The van der Waals surface area contributed by atoms with Crippen LogP contribution >= 0.6 is 0 Å². The van der Waals surface area contributed by atoms with Gasteiger partial charge in [0.05, 0.1) is 6.67 Å². The second-order valence-electron chi connectivity index (χ2n) is 3.41. The lowest BCUT2D eigenvalue weighted by atomic mass is 10.3. The Hall–Kier alpha value is -0.830. The minimum atomic E-state index is -0.0500. The molecule has 2 heterocycles. The molecule has 84 valence electrons. The lowest BCUT2D eigenvalue weighted by Gasteiger charge is -2.16. The molecule has 0 aromatic heterocycles. The highest BCUT2D eigenvalue weighted by Gasteiger charge is 2.36. The van der Waals surface area contributed by atoms with Crippen LogP contribution in [-0.2, 0) is 4.79 Å². The molecule has 7 heteroatoms. The van der Waals surface area contributed by atoms with E-state index in [1.54, 1.807) is 0 Å². The first-order valence-corrected chi connectivity index (χ1v) is 4.57. The van der Waals surface area contributed by atoms with E-state index in [4.69, 9.17) is 5.73 Å². The summed E-state index contributed by atoms with van der Waals surface area (Å²) in [5.74, 6) is 0.952. The molecule has 0 aromatic carbocycles. The maximum Gasteiger partial charge on any atom is 0.370 e. The average Bonchev–Trinajstić information content (AvgIpc) is 2.42. The van der Waals surface area contributed by atoms with E-state index in [1.807, 2.05) is 23.8 Å². The molecule has 0 aromatic rings. The molecule has 0 radical (unpaired) electrons. The highest BCUT2D eigenvalue weighted by Crippen LogP contribution is 2.23. The Labute approximate surface area is 105 Å². The van der Waals surface area contributed by atoms with Crippen molar-refractivity contribution in [3.8, 4) is 0 Å². The molecular weight excluding hydrogens is 309 g/mol. The maximum atomic E-state index is 11.6. The Morgan fingerprint density at radius 3 is 2.87 bits per heavy atom. The van der Waals surface area contributed by atoms with Crippen molar-refractivity contribution in [3.63, 3.8) is 0 Å². The van der Waals surface area contributed by atoms with Crippen molar-refractivity contribution in [2.45, 2.75) is 6.92 Å². The molecule has 0 fully saturated rings. The van der Waals surface area contributed by atoms with Crippen molar-refractivity contribution < 1.29 is 34.1 Å². The van der Waals surface area contributed by atoms with Gasteiger partial charge in [-0.25, -0.2) is 10.1 Å². The second kappa shape index (κ2) is 4.35. The molecule has 1 amide bonds. The molecule has 15 heavy (non-hydrogen) atoms. The summed E-state index contributed by atoms with van der Waals surface area (Å²) in [6, 6.07) is 0. The number of rotatable bonds is 1. The molecule has 0 saturated carbocycles. The smallest absolute Gasteiger partial charge is 0.370 e. The van der Waals surface area contributed by atoms with E-state index in [0.29, 0.717) is 24.1 Å². The third kappa shape index (κ3) is 1.93. The molecule has 6 nitrogen and oxygen atoms in total. The summed E-state index contributed by atoms with van der Waals surface area (Å²) in [7, 11) is 1.88. The summed E-state index contributed by atoms with van der Waals surface area (Å²) in [5, 5.41) is 1.37. The lowest BCUT2D eigenvalue weighted by molar-refractivity contribution is -0.452. The summed E-state index contributed by atoms with van der Waals surface area (Å²) < 4.78 is 0. The van der Waals surface area contributed by atoms with Crippen LogP contribution in [0.1, 0.15) is 6.92 Å². The van der Waals surface area contributed by atoms with Crippen molar-refractivity contribution in [3.05, 3.63) is 11.5 Å². The van der Waals surface area contributed by atoms with E-state index in [-0.39, 0.29) is 29.9 Å². The van der Waals surface area contributed by atoms with Crippen molar-refractivity contribution in [2.24, 2.45) is 10.7 Å². The summed E-state index contributed by atoms with van der Waals surface area (Å²) in [6.45, 7) is 3.56. The van der Waals surface area contributed by atoms with Gasteiger partial charge in [0.25, 0.3) is 0 Å². The average molecular weight is 323 g/mol. The van der Waals surface area contributed by atoms with Gasteiger partial charge >= 0.3 is 11.9 Å². The second-order valence-corrected chi connectivity index (χ2v) is 3.41. The number of aliphatic imine (C=N–C) groups is 1. The number of primary amides is 1. The molecule has 2 aliphatic heterocycles. The molecule has 0 saturated heterocycles. The van der Waals surface area contributed by atoms with Crippen molar-refractivity contribution in [2.75, 3.05) is 20.3 Å². The van der Waals surface area contributed by atoms with Gasteiger partial charge in [-0.2, -0.15) is 4.99 Å². The zero-order valence-corrected chi connectivity index (χ0v) is 10.9. The number of likely N-dealkylation sites (N-methyl/N-ethyl adjacent to an activating group) is 1. The number of carbonyl (C=O) groups is 1. The molecule has 0 unspecified atom stereocenters. The number of nitrogens with two attached hydrogens (primary N) is 2. The number of carbonyl (C=O) groups excluding carboxylic acids is 1. The molecule has 2 aliphatic rings. The number of hydrogen-bond acceptors (Lipinski definition) is 5. The predicted molar refractivity (Wildman–Crippen MR) is 50.6 cm³/mol. The summed E-state index contributed by atoms with van der Waals surface area (Å²) in [4.78, 5) is 19.7. The Kier molecular flexibility index (Phi) is 3.55. The standard InChI is InChI=1S/C8H13N5O.HI/c1-3-13-4-12(2)5-6(13)10-8(9)11-7(5)14;/h3-4H2,1-2H3,(H3,9,10,11,14);1H. The topological polar surface area (TPSA) is 78.5 Å². The fourth-order valence-electron chi connectivity index (χ4n) is 1.74. The van der Waals surface area contributed by atoms with Crippen LogP contribution in [0.5, 0.6) is 0 Å². The van der Waals surface area contributed by atoms with Crippen LogP contribution in [0.3, 0.4) is 0 Å². The number of guanidine groups is 1. The first kappa shape index (κ1) is 12.2. The van der Waals surface area contributed by atoms with Crippen molar-refractivity contribution in [1.82, 2.24) is 9.80 Å². The number of quaternary nitrogens is 1. The van der Waals surface area contributed by atoms with Crippen molar-refractivity contribution in [1.29, 1.82) is 0 Å². The van der Waals surface area contributed by atoms with Gasteiger partial charge in [0, 0.05) is 13.6 Å². The molecule has 0 atom stereocenters. The molecule has 0 aliphatic carbocycles. The fourth-order valence-corrected chi connectivity index (χ4v) is 1.74. The van der Waals surface area contributed by atoms with Crippen LogP contribution in [-0.4, -0.2) is 41.9 Å². The Bertz CT molecular complexity index is 351. The summed E-state index contributed by atoms with van der Waals surface area (Å²) >= 11 is 0. The van der Waals surface area contributed by atoms with Gasteiger partial charge in [-0.3, -0.25) is 0 Å². The van der Waals surface area contributed by atoms with Crippen molar-refractivity contribution >= 4 is 11.9 Å². The van der Waals surface area contributed by atoms with Crippen LogP contribution in [0.4, 0.5) is 0 Å². The maximum absolute atomic E-state index is 11.6. The lowest BCUT2D eigenvalue weighted by Crippen LogP contribution is -3.00. The third-order valence-corrected chi connectivity index (χ3v) is 2.40. The van der Waals surface area contributed by atoms with E-state index in [2.05, 4.69) is 4.99 Å². The Morgan fingerprint density at radius 1 is 1.60 bits per heavy atom. The van der Waals surface area contributed by atoms with Gasteiger partial charge < -0.3 is 39.5 Å². The van der Waals surface area contributed by atoms with E-state index in [1.165, 1.54) is 5.32 Å². The van der Waals surface area contributed by atoms with Gasteiger partial charge in [0.15, 0.2) is 11.5 Å². The van der Waals surface area contributed by atoms with Crippen LogP contribution < -0.4 is 35.0 Å². The highest BCUT2D eigenvalue weighted by molar-refractivity contribution is 5.94. The van der Waals surface area contributed by atoms with Gasteiger partial charge in [0.2, 0.25) is 0 Å². The first-order chi connectivity index (χ1) is 6.63.